The van der Waals surface area contributed by atoms with Crippen LogP contribution in [0.15, 0.2) is 79.1 Å². The highest BCUT2D eigenvalue weighted by Crippen LogP contribution is 2.28. The number of para-hydroxylation sites is 1. The first kappa shape index (κ1) is 22.8. The van der Waals surface area contributed by atoms with E-state index in [0.29, 0.717) is 24.9 Å². The van der Waals surface area contributed by atoms with E-state index in [1.807, 2.05) is 83.7 Å². The van der Waals surface area contributed by atoms with Crippen LogP contribution in [-0.4, -0.2) is 42.4 Å². The third kappa shape index (κ3) is 5.40. The third-order valence-electron chi connectivity index (χ3n) is 6.62. The average molecular weight is 471 g/mol. The Bertz CT molecular complexity index is 1280. The Balaban J connectivity index is 1.21. The smallest absolute Gasteiger partial charge is 0.413 e. The van der Waals surface area contributed by atoms with Crippen LogP contribution in [0.1, 0.15) is 18.4 Å². The molecule has 1 aliphatic rings. The first-order chi connectivity index (χ1) is 17.2. The number of hydrogen-bond donors (Lipinski definition) is 1. The molecule has 180 valence electrons. The summed E-state index contributed by atoms with van der Waals surface area (Å²) in [4.78, 5) is 19.2. The number of rotatable bonds is 7. The van der Waals surface area contributed by atoms with Gasteiger partial charge in [-0.25, -0.2) is 4.79 Å². The molecule has 1 amide bonds. The molecule has 5 rings (SSSR count). The molecule has 7 nitrogen and oxygen atoms in total. The topological polar surface area (TPSA) is 68.6 Å². The fourth-order valence-corrected chi connectivity index (χ4v) is 4.69. The SMILES string of the molecule is COc1cccc(Cn2c(OC(=O)NCC3CCN(c4ccncc4)CC3)cc3ccccc32)c1. The predicted octanol–water partition coefficient (Wildman–Crippen LogP) is 5.10. The van der Waals surface area contributed by atoms with Gasteiger partial charge in [-0.2, -0.15) is 0 Å². The van der Waals surface area contributed by atoms with E-state index < -0.39 is 6.09 Å². The van der Waals surface area contributed by atoms with Crippen molar-refractivity contribution < 1.29 is 14.3 Å². The van der Waals surface area contributed by atoms with Crippen molar-refractivity contribution in [1.29, 1.82) is 0 Å². The van der Waals surface area contributed by atoms with Crippen molar-refractivity contribution in [2.75, 3.05) is 31.6 Å². The number of methoxy groups -OCH3 is 1. The molecule has 2 aromatic carbocycles. The minimum atomic E-state index is -0.420. The van der Waals surface area contributed by atoms with Crippen LogP contribution < -0.4 is 19.7 Å². The van der Waals surface area contributed by atoms with Crippen LogP contribution in [0.4, 0.5) is 10.5 Å². The van der Waals surface area contributed by atoms with Crippen LogP contribution >= 0.6 is 0 Å². The summed E-state index contributed by atoms with van der Waals surface area (Å²) in [7, 11) is 1.66. The number of benzene rings is 2. The first-order valence-corrected chi connectivity index (χ1v) is 12.0. The quantitative estimate of drug-likeness (QED) is 0.407. The highest BCUT2D eigenvalue weighted by Gasteiger charge is 2.21. The van der Waals surface area contributed by atoms with Crippen LogP contribution in [0.25, 0.3) is 10.9 Å². The molecule has 7 heteroatoms. The number of piperidine rings is 1. The van der Waals surface area contributed by atoms with E-state index in [1.165, 1.54) is 5.69 Å². The maximum atomic E-state index is 12.7. The number of ether oxygens (including phenoxy) is 2. The number of anilines is 1. The van der Waals surface area contributed by atoms with E-state index in [9.17, 15) is 4.79 Å². The summed E-state index contributed by atoms with van der Waals surface area (Å²) in [5, 5.41) is 4.02. The summed E-state index contributed by atoms with van der Waals surface area (Å²) >= 11 is 0. The van der Waals surface area contributed by atoms with Gasteiger partial charge in [-0.15, -0.1) is 0 Å². The van der Waals surface area contributed by atoms with Gasteiger partial charge < -0.3 is 24.3 Å². The Morgan fingerprint density at radius 3 is 2.63 bits per heavy atom. The molecule has 1 aliphatic heterocycles. The van der Waals surface area contributed by atoms with E-state index in [0.717, 1.165) is 48.1 Å². The van der Waals surface area contributed by atoms with Gasteiger partial charge >= 0.3 is 6.09 Å². The molecular formula is C28H30N4O3. The van der Waals surface area contributed by atoms with E-state index in [1.54, 1.807) is 7.11 Å². The Labute approximate surface area is 205 Å². The molecule has 0 aliphatic carbocycles. The molecule has 35 heavy (non-hydrogen) atoms. The maximum Gasteiger partial charge on any atom is 0.413 e. The molecule has 0 saturated carbocycles. The zero-order valence-corrected chi connectivity index (χ0v) is 19.9. The standard InChI is InChI=1S/C28H30N4O3/c1-34-25-7-4-5-22(17-25)20-32-26-8-3-2-6-23(26)18-27(32)35-28(33)30-19-21-11-15-31(16-12-21)24-9-13-29-14-10-24/h2-10,13-14,17-18,21H,11-12,15-16,19-20H2,1H3,(H,30,33). The summed E-state index contributed by atoms with van der Waals surface area (Å²) < 4.78 is 13.2. The summed E-state index contributed by atoms with van der Waals surface area (Å²) in [5.74, 6) is 1.76. The molecule has 1 saturated heterocycles. The molecule has 0 unspecified atom stereocenters. The van der Waals surface area contributed by atoms with Crippen molar-refractivity contribution in [3.63, 3.8) is 0 Å². The Hall–Kier alpha value is -4.00. The van der Waals surface area contributed by atoms with Crippen molar-refractivity contribution in [2.24, 2.45) is 5.92 Å². The van der Waals surface area contributed by atoms with Crippen molar-refractivity contribution in [3.05, 3.63) is 84.7 Å². The second-order valence-corrected chi connectivity index (χ2v) is 8.89. The van der Waals surface area contributed by atoms with Gasteiger partial charge in [-0.3, -0.25) is 4.98 Å². The number of carbonyl (C=O) groups excluding carboxylic acids is 1. The third-order valence-corrected chi connectivity index (χ3v) is 6.62. The Morgan fingerprint density at radius 2 is 1.83 bits per heavy atom. The second-order valence-electron chi connectivity index (χ2n) is 8.89. The molecule has 1 fully saturated rings. The van der Waals surface area contributed by atoms with Crippen molar-refractivity contribution in [3.8, 4) is 11.6 Å². The fraction of sp³-hybridized carbons (Fsp3) is 0.286. The van der Waals surface area contributed by atoms with Gasteiger partial charge in [0.15, 0.2) is 0 Å². The largest absolute Gasteiger partial charge is 0.497 e. The first-order valence-electron chi connectivity index (χ1n) is 12.0. The zero-order valence-electron chi connectivity index (χ0n) is 19.9. The lowest BCUT2D eigenvalue weighted by atomic mass is 9.96. The average Bonchev–Trinajstić information content (AvgIpc) is 3.25. The Morgan fingerprint density at radius 1 is 1.03 bits per heavy atom. The highest BCUT2D eigenvalue weighted by molar-refractivity contribution is 5.83. The van der Waals surface area contributed by atoms with Gasteiger partial charge in [0.1, 0.15) is 5.75 Å². The lowest BCUT2D eigenvalue weighted by Crippen LogP contribution is -2.39. The van der Waals surface area contributed by atoms with E-state index in [-0.39, 0.29) is 0 Å². The summed E-state index contributed by atoms with van der Waals surface area (Å²) in [6.45, 7) is 3.13. The molecule has 0 radical (unpaired) electrons. The van der Waals surface area contributed by atoms with Crippen molar-refractivity contribution in [1.82, 2.24) is 14.9 Å². The molecule has 3 heterocycles. The lowest BCUT2D eigenvalue weighted by Gasteiger charge is -2.33. The number of carbonyl (C=O) groups is 1. The molecule has 2 aromatic heterocycles. The number of nitrogens with zero attached hydrogens (tertiary/aromatic N) is 3. The molecule has 0 spiro atoms. The lowest BCUT2D eigenvalue weighted by molar-refractivity contribution is 0.193. The van der Waals surface area contributed by atoms with Gasteiger partial charge in [0.2, 0.25) is 5.88 Å². The minimum Gasteiger partial charge on any atom is -0.497 e. The normalized spacial score (nSPS) is 14.1. The number of aromatic nitrogens is 2. The molecule has 0 atom stereocenters. The minimum absolute atomic E-state index is 0.420. The number of nitrogens with one attached hydrogen (secondary N) is 1. The van der Waals surface area contributed by atoms with Crippen molar-refractivity contribution in [2.45, 2.75) is 19.4 Å². The fourth-order valence-electron chi connectivity index (χ4n) is 4.69. The Kier molecular flexibility index (Phi) is 6.84. The van der Waals surface area contributed by atoms with Crippen LogP contribution in [0.2, 0.25) is 0 Å². The van der Waals surface area contributed by atoms with Crippen LogP contribution in [0.5, 0.6) is 11.6 Å². The van der Waals surface area contributed by atoms with Crippen LogP contribution in [0, 0.1) is 5.92 Å². The zero-order chi connectivity index (χ0) is 24.0. The van der Waals surface area contributed by atoms with E-state index in [2.05, 4.69) is 15.2 Å². The number of fused-ring (bicyclic) bond motifs is 1. The molecule has 4 aromatic rings. The van der Waals surface area contributed by atoms with Crippen molar-refractivity contribution >= 4 is 22.7 Å². The van der Waals surface area contributed by atoms with Gasteiger partial charge in [-0.1, -0.05) is 30.3 Å². The molecular weight excluding hydrogens is 440 g/mol. The molecule has 0 bridgehead atoms. The van der Waals surface area contributed by atoms with Crippen LogP contribution in [-0.2, 0) is 6.54 Å². The number of pyridine rings is 1. The van der Waals surface area contributed by atoms with Gasteiger partial charge in [0, 0.05) is 49.2 Å². The number of hydrogen-bond acceptors (Lipinski definition) is 5. The predicted molar refractivity (Wildman–Crippen MR) is 137 cm³/mol. The summed E-state index contributed by atoms with van der Waals surface area (Å²) in [6, 6.07) is 22.0. The second kappa shape index (κ2) is 10.5. The monoisotopic (exact) mass is 470 g/mol. The van der Waals surface area contributed by atoms with E-state index in [4.69, 9.17) is 9.47 Å². The highest BCUT2D eigenvalue weighted by atomic mass is 16.6. The molecule has 1 N–H and O–H groups in total. The van der Waals surface area contributed by atoms with Crippen LogP contribution in [0.3, 0.4) is 0 Å². The summed E-state index contributed by atoms with van der Waals surface area (Å²) in [6.07, 6.45) is 5.28. The van der Waals surface area contributed by atoms with Gasteiger partial charge in [0.25, 0.3) is 0 Å². The van der Waals surface area contributed by atoms with Gasteiger partial charge in [-0.05, 0) is 54.7 Å². The van der Waals surface area contributed by atoms with E-state index >= 15 is 0 Å². The van der Waals surface area contributed by atoms with Gasteiger partial charge in [0.05, 0.1) is 19.2 Å². The summed E-state index contributed by atoms with van der Waals surface area (Å²) in [5.41, 5.74) is 3.29. The number of amides is 1. The maximum absolute atomic E-state index is 12.7.